The fraction of sp³-hybridized carbons (Fsp3) is 0.435. The Bertz CT molecular complexity index is 881. The highest BCUT2D eigenvalue weighted by atomic mass is 32.1. The third kappa shape index (κ3) is 7.95. The van der Waals surface area contributed by atoms with Crippen LogP contribution in [0.15, 0.2) is 30.3 Å². The standard InChI is InChI=1S/C23H30N2O4S2/c1-3-4-5-6-7-11-14-24-23(30)25-20-18(21(26)27)16(2)19(31-20)22(28)29-15-17-12-9-8-10-13-17/h8-10,12-13H,3-7,11,14-15H2,1-2H3,(H,26,27)(H2,24,25,30). The van der Waals surface area contributed by atoms with Crippen LogP contribution in [-0.2, 0) is 11.3 Å². The fourth-order valence-electron chi connectivity index (χ4n) is 3.10. The van der Waals surface area contributed by atoms with Gasteiger partial charge in [0, 0.05) is 6.54 Å². The molecular weight excluding hydrogens is 432 g/mol. The number of hydrogen-bond donors (Lipinski definition) is 3. The molecule has 0 aliphatic heterocycles. The third-order valence-electron chi connectivity index (χ3n) is 4.80. The lowest BCUT2D eigenvalue weighted by molar-refractivity contribution is 0.0478. The molecule has 3 N–H and O–H groups in total. The Morgan fingerprint density at radius 2 is 1.77 bits per heavy atom. The van der Waals surface area contributed by atoms with E-state index in [2.05, 4.69) is 17.6 Å². The molecule has 0 amide bonds. The zero-order chi connectivity index (χ0) is 22.6. The van der Waals surface area contributed by atoms with Gasteiger partial charge >= 0.3 is 11.9 Å². The van der Waals surface area contributed by atoms with Gasteiger partial charge < -0.3 is 20.5 Å². The lowest BCUT2D eigenvalue weighted by Gasteiger charge is -2.10. The number of rotatable bonds is 12. The number of anilines is 1. The van der Waals surface area contributed by atoms with Crippen molar-refractivity contribution in [3.63, 3.8) is 0 Å². The number of esters is 1. The second-order valence-electron chi connectivity index (χ2n) is 7.28. The van der Waals surface area contributed by atoms with E-state index in [4.69, 9.17) is 17.0 Å². The van der Waals surface area contributed by atoms with Crippen LogP contribution in [-0.4, -0.2) is 28.7 Å². The molecule has 1 heterocycles. The first-order chi connectivity index (χ1) is 14.9. The molecule has 0 unspecified atom stereocenters. The van der Waals surface area contributed by atoms with E-state index in [1.807, 2.05) is 30.3 Å². The van der Waals surface area contributed by atoms with Crippen LogP contribution < -0.4 is 10.6 Å². The summed E-state index contributed by atoms with van der Waals surface area (Å²) >= 11 is 6.36. The molecular formula is C23H30N2O4S2. The highest BCUT2D eigenvalue weighted by Crippen LogP contribution is 2.33. The van der Waals surface area contributed by atoms with E-state index in [1.54, 1.807) is 6.92 Å². The van der Waals surface area contributed by atoms with Crippen molar-refractivity contribution in [3.8, 4) is 0 Å². The van der Waals surface area contributed by atoms with Gasteiger partial charge in [-0.2, -0.15) is 0 Å². The number of unbranched alkanes of at least 4 members (excludes halogenated alkanes) is 5. The summed E-state index contributed by atoms with van der Waals surface area (Å²) in [6, 6.07) is 9.33. The van der Waals surface area contributed by atoms with Crippen molar-refractivity contribution in [2.75, 3.05) is 11.9 Å². The summed E-state index contributed by atoms with van der Waals surface area (Å²) in [5, 5.41) is 16.4. The van der Waals surface area contributed by atoms with Crippen LogP contribution in [0, 0.1) is 6.92 Å². The summed E-state index contributed by atoms with van der Waals surface area (Å²) < 4.78 is 5.37. The minimum absolute atomic E-state index is 0.0420. The molecule has 0 aliphatic carbocycles. The maximum atomic E-state index is 12.6. The largest absolute Gasteiger partial charge is 0.478 e. The van der Waals surface area contributed by atoms with Crippen LogP contribution in [0.1, 0.15) is 76.6 Å². The average molecular weight is 463 g/mol. The van der Waals surface area contributed by atoms with Crippen molar-refractivity contribution in [2.24, 2.45) is 0 Å². The molecule has 0 radical (unpaired) electrons. The maximum Gasteiger partial charge on any atom is 0.349 e. The molecule has 2 rings (SSSR count). The van der Waals surface area contributed by atoms with E-state index in [9.17, 15) is 14.7 Å². The summed E-state index contributed by atoms with van der Waals surface area (Å²) in [4.78, 5) is 24.6. The number of carboxylic acids is 1. The molecule has 0 fully saturated rings. The predicted molar refractivity (Wildman–Crippen MR) is 129 cm³/mol. The molecule has 2 aromatic rings. The van der Waals surface area contributed by atoms with Gasteiger partial charge in [-0.1, -0.05) is 69.4 Å². The van der Waals surface area contributed by atoms with Crippen molar-refractivity contribution >= 4 is 45.6 Å². The number of benzene rings is 1. The number of ether oxygens (including phenoxy) is 1. The second-order valence-corrected chi connectivity index (χ2v) is 8.70. The van der Waals surface area contributed by atoms with Crippen LogP contribution in [0.3, 0.4) is 0 Å². The minimum Gasteiger partial charge on any atom is -0.478 e. The Balaban J connectivity index is 1.94. The van der Waals surface area contributed by atoms with Crippen molar-refractivity contribution < 1.29 is 19.4 Å². The highest BCUT2D eigenvalue weighted by Gasteiger charge is 2.25. The van der Waals surface area contributed by atoms with Crippen LogP contribution in [0.2, 0.25) is 0 Å². The van der Waals surface area contributed by atoms with Gasteiger partial charge in [-0.15, -0.1) is 11.3 Å². The number of carbonyl (C=O) groups is 2. The van der Waals surface area contributed by atoms with Gasteiger partial charge in [0.15, 0.2) is 5.11 Å². The van der Waals surface area contributed by atoms with Crippen LogP contribution in [0.5, 0.6) is 0 Å². The summed E-state index contributed by atoms with van der Waals surface area (Å²) in [7, 11) is 0. The summed E-state index contributed by atoms with van der Waals surface area (Å²) in [5.74, 6) is -1.66. The van der Waals surface area contributed by atoms with Gasteiger partial charge in [0.1, 0.15) is 16.5 Å². The fourth-order valence-corrected chi connectivity index (χ4v) is 4.46. The van der Waals surface area contributed by atoms with Crippen LogP contribution >= 0.6 is 23.6 Å². The molecule has 168 valence electrons. The van der Waals surface area contributed by atoms with Gasteiger partial charge in [-0.3, -0.25) is 0 Å². The van der Waals surface area contributed by atoms with E-state index in [0.29, 0.717) is 15.7 Å². The first kappa shape index (κ1) is 24.8. The van der Waals surface area contributed by atoms with E-state index >= 15 is 0 Å². The second kappa shape index (κ2) is 13.1. The Kier molecular flexibility index (Phi) is 10.5. The van der Waals surface area contributed by atoms with Gasteiger partial charge in [-0.25, -0.2) is 9.59 Å². The molecule has 0 atom stereocenters. The minimum atomic E-state index is -1.11. The van der Waals surface area contributed by atoms with Gasteiger partial charge in [0.25, 0.3) is 0 Å². The normalized spacial score (nSPS) is 10.5. The monoisotopic (exact) mass is 462 g/mol. The topological polar surface area (TPSA) is 87.7 Å². The molecule has 0 saturated heterocycles. The number of thiocarbonyl (C=S) groups is 1. The van der Waals surface area contributed by atoms with Crippen molar-refractivity contribution in [1.29, 1.82) is 0 Å². The molecule has 0 saturated carbocycles. The Morgan fingerprint density at radius 1 is 1.10 bits per heavy atom. The molecule has 0 spiro atoms. The van der Waals surface area contributed by atoms with E-state index in [-0.39, 0.29) is 17.0 Å². The molecule has 0 aliphatic rings. The quantitative estimate of drug-likeness (QED) is 0.210. The zero-order valence-electron chi connectivity index (χ0n) is 18.0. The molecule has 0 bridgehead atoms. The Hall–Kier alpha value is -2.45. The Labute approximate surface area is 193 Å². The zero-order valence-corrected chi connectivity index (χ0v) is 19.7. The number of hydrogen-bond acceptors (Lipinski definition) is 5. The molecule has 8 heteroatoms. The highest BCUT2D eigenvalue weighted by molar-refractivity contribution is 7.80. The summed E-state index contributed by atoms with van der Waals surface area (Å²) in [5.41, 5.74) is 1.28. The first-order valence-electron chi connectivity index (χ1n) is 10.6. The van der Waals surface area contributed by atoms with Crippen molar-refractivity contribution in [1.82, 2.24) is 5.32 Å². The van der Waals surface area contributed by atoms with Gasteiger partial charge in [-0.05, 0) is 36.7 Å². The van der Waals surface area contributed by atoms with Gasteiger partial charge in [0.2, 0.25) is 0 Å². The summed E-state index contributed by atoms with van der Waals surface area (Å²) in [6.45, 7) is 4.64. The number of nitrogens with one attached hydrogen (secondary N) is 2. The molecule has 31 heavy (non-hydrogen) atoms. The van der Waals surface area contributed by atoms with Gasteiger partial charge in [0.05, 0.1) is 5.56 Å². The summed E-state index contributed by atoms with van der Waals surface area (Å²) in [6.07, 6.45) is 7.07. The smallest absolute Gasteiger partial charge is 0.349 e. The van der Waals surface area contributed by atoms with Crippen LogP contribution in [0.25, 0.3) is 0 Å². The van der Waals surface area contributed by atoms with E-state index in [0.717, 1.165) is 36.3 Å². The SMILES string of the molecule is CCCCCCCCNC(=S)Nc1sc(C(=O)OCc2ccccc2)c(C)c1C(=O)O. The van der Waals surface area contributed by atoms with Crippen molar-refractivity contribution in [3.05, 3.63) is 51.9 Å². The van der Waals surface area contributed by atoms with E-state index in [1.165, 1.54) is 25.7 Å². The number of carboxylic acid groups (broad SMARTS) is 1. The average Bonchev–Trinajstić information content (AvgIpc) is 3.08. The first-order valence-corrected chi connectivity index (χ1v) is 11.8. The van der Waals surface area contributed by atoms with Crippen molar-refractivity contribution in [2.45, 2.75) is 59.0 Å². The number of aromatic carboxylic acids is 1. The number of thiophene rings is 1. The van der Waals surface area contributed by atoms with E-state index < -0.39 is 11.9 Å². The Morgan fingerprint density at radius 3 is 2.45 bits per heavy atom. The lowest BCUT2D eigenvalue weighted by atomic mass is 10.1. The van der Waals surface area contributed by atoms with Crippen LogP contribution in [0.4, 0.5) is 5.00 Å². The lowest BCUT2D eigenvalue weighted by Crippen LogP contribution is -2.29. The molecule has 6 nitrogen and oxygen atoms in total. The predicted octanol–water partition coefficient (Wildman–Crippen LogP) is 5.76. The third-order valence-corrected chi connectivity index (χ3v) is 6.24. The molecule has 1 aromatic heterocycles. The number of carbonyl (C=O) groups excluding carboxylic acids is 1. The molecule has 1 aromatic carbocycles. The maximum absolute atomic E-state index is 12.6.